The minimum atomic E-state index is -3.50. The first-order chi connectivity index (χ1) is 5.21. The van der Waals surface area contributed by atoms with Crippen LogP contribution in [0.3, 0.4) is 0 Å². The Balaban J connectivity index is 3.48. The molecule has 0 aromatic rings. The molecule has 0 aromatic carbocycles. The lowest BCUT2D eigenvalue weighted by Gasteiger charge is -2.15. The third-order valence-electron chi connectivity index (χ3n) is 0.745. The van der Waals surface area contributed by atoms with Crippen LogP contribution in [0.15, 0.2) is 0 Å². The summed E-state index contributed by atoms with van der Waals surface area (Å²) in [5, 5.41) is 0. The second-order valence-electron chi connectivity index (χ2n) is 2.27. The fourth-order valence-corrected chi connectivity index (χ4v) is 1.24. The molecule has 0 bridgehead atoms. The van der Waals surface area contributed by atoms with E-state index in [1.807, 2.05) is 0 Å². The Kier molecular flexibility index (Phi) is 4.45. The molecule has 0 heterocycles. The van der Waals surface area contributed by atoms with Crippen LogP contribution in [0.25, 0.3) is 0 Å². The van der Waals surface area contributed by atoms with Gasteiger partial charge in [0, 0.05) is 12.5 Å². The van der Waals surface area contributed by atoms with E-state index in [1.165, 1.54) is 0 Å². The van der Waals surface area contributed by atoms with E-state index in [2.05, 4.69) is 8.37 Å². The summed E-state index contributed by atoms with van der Waals surface area (Å²) in [4.78, 5) is 0. The first-order valence-corrected chi connectivity index (χ1v) is 7.15. The third-order valence-corrected chi connectivity index (χ3v) is 2.07. The maximum Gasteiger partial charge on any atom is 0.0887 e. The monoisotopic (exact) mass is 222 g/mol. The van der Waals surface area contributed by atoms with E-state index < -0.39 is 21.0 Å². The Morgan fingerprint density at radius 1 is 1.00 bits per heavy atom. The van der Waals surface area contributed by atoms with Crippen molar-refractivity contribution in [3.05, 3.63) is 0 Å². The van der Waals surface area contributed by atoms with Gasteiger partial charge in [0.05, 0.1) is 34.2 Å². The van der Waals surface area contributed by atoms with Crippen LogP contribution < -0.4 is 0 Å². The molecule has 0 fully saturated rings. The van der Waals surface area contributed by atoms with E-state index >= 15 is 0 Å². The average molecular weight is 222 g/mol. The van der Waals surface area contributed by atoms with Gasteiger partial charge < -0.3 is 9.11 Å². The number of hydrogen-bond donors (Lipinski definition) is 4. The van der Waals surface area contributed by atoms with Gasteiger partial charge >= 0.3 is 0 Å². The van der Waals surface area contributed by atoms with E-state index in [4.69, 9.17) is 9.11 Å². The second kappa shape index (κ2) is 4.40. The molecule has 0 saturated heterocycles. The first kappa shape index (κ1) is 12.1. The molecule has 0 unspecified atom stereocenters. The summed E-state index contributed by atoms with van der Waals surface area (Å²) in [6, 6.07) is 0. The van der Waals surface area contributed by atoms with Gasteiger partial charge in [-0.3, -0.25) is 8.37 Å². The van der Waals surface area contributed by atoms with Crippen molar-refractivity contribution in [1.29, 1.82) is 0 Å². The first-order valence-electron chi connectivity index (χ1n) is 3.10. The summed E-state index contributed by atoms with van der Waals surface area (Å²) in [6.07, 6.45) is 2.05. The van der Waals surface area contributed by atoms with Gasteiger partial charge in [0.2, 0.25) is 0 Å². The smallest absolute Gasteiger partial charge is 0.0887 e. The lowest BCUT2D eigenvalue weighted by Crippen LogP contribution is -2.19. The fourth-order valence-electron chi connectivity index (χ4n) is 0.413. The summed E-state index contributed by atoms with van der Waals surface area (Å²) in [7, 11) is -7.00. The van der Waals surface area contributed by atoms with Crippen molar-refractivity contribution in [2.24, 2.45) is 0 Å². The molecular formula is C4H14O6S2. The quantitative estimate of drug-likeness (QED) is 0.355. The zero-order valence-corrected chi connectivity index (χ0v) is 8.62. The third kappa shape index (κ3) is 10.1. The number of rotatable bonds is 5. The summed E-state index contributed by atoms with van der Waals surface area (Å²) in [5.74, 6) is 0. The van der Waals surface area contributed by atoms with Gasteiger partial charge in [0.15, 0.2) is 0 Å². The van der Waals surface area contributed by atoms with Gasteiger partial charge in [-0.25, -0.2) is 8.42 Å². The minimum Gasteiger partial charge on any atom is -0.310 e. The van der Waals surface area contributed by atoms with Gasteiger partial charge in [-0.2, -0.15) is 0 Å². The predicted molar refractivity (Wildman–Crippen MR) is 48.1 cm³/mol. The molecule has 0 aromatic heterocycles. The van der Waals surface area contributed by atoms with Crippen LogP contribution >= 0.6 is 0 Å². The molecule has 12 heavy (non-hydrogen) atoms. The Bertz CT molecular complexity index is 190. The average Bonchev–Trinajstić information content (AvgIpc) is 1.76. The molecule has 6 nitrogen and oxygen atoms in total. The van der Waals surface area contributed by atoms with Crippen molar-refractivity contribution in [2.45, 2.75) is 0 Å². The predicted octanol–water partition coefficient (Wildman–Crippen LogP) is -0.911. The highest BCUT2D eigenvalue weighted by Crippen LogP contribution is 1.97. The van der Waals surface area contributed by atoms with Crippen LogP contribution in [0.5, 0.6) is 0 Å². The Hall–Kier alpha value is 0.140. The molecular weight excluding hydrogens is 208 g/mol. The minimum absolute atomic E-state index is 0.178. The molecule has 78 valence electrons. The fraction of sp³-hybridized carbons (Fsp3) is 1.00. The molecule has 8 heteroatoms. The maximum atomic E-state index is 10.5. The van der Waals surface area contributed by atoms with E-state index in [1.54, 1.807) is 0 Å². The Morgan fingerprint density at radius 3 is 1.42 bits per heavy atom. The van der Waals surface area contributed by atoms with Crippen molar-refractivity contribution in [1.82, 2.24) is 0 Å². The van der Waals surface area contributed by atoms with Crippen LogP contribution in [-0.4, -0.2) is 43.2 Å². The van der Waals surface area contributed by atoms with Gasteiger partial charge in [0.1, 0.15) is 0 Å². The van der Waals surface area contributed by atoms with E-state index in [0.717, 1.165) is 12.5 Å². The lowest BCUT2D eigenvalue weighted by atomic mass is 10.8. The normalized spacial score (nSPS) is 16.0. The zero-order valence-electron chi connectivity index (χ0n) is 6.84. The lowest BCUT2D eigenvalue weighted by molar-refractivity contribution is 0.206. The number of hydrogen-bond acceptors (Lipinski definition) is 4. The highest BCUT2D eigenvalue weighted by atomic mass is 32.3. The summed E-state index contributed by atoms with van der Waals surface area (Å²) < 4.78 is 46.9. The van der Waals surface area contributed by atoms with Crippen molar-refractivity contribution in [2.75, 3.05) is 25.7 Å². The van der Waals surface area contributed by atoms with Crippen molar-refractivity contribution in [3.8, 4) is 0 Å². The van der Waals surface area contributed by atoms with Crippen LogP contribution in [0, 0.1) is 0 Å². The van der Waals surface area contributed by atoms with Gasteiger partial charge in [0.25, 0.3) is 0 Å². The summed E-state index contributed by atoms with van der Waals surface area (Å²) in [5.41, 5.74) is 0. The zero-order chi connectivity index (χ0) is 9.83. The van der Waals surface area contributed by atoms with Gasteiger partial charge in [-0.15, -0.1) is 0 Å². The molecule has 2 N–H and O–H groups in total. The van der Waals surface area contributed by atoms with E-state index in [-0.39, 0.29) is 13.2 Å². The van der Waals surface area contributed by atoms with Crippen LogP contribution in [-0.2, 0) is 29.4 Å². The second-order valence-corrected chi connectivity index (χ2v) is 6.00. The SMILES string of the molecule is C[SH](=O)(O)OCCO[SH](C)(=O)O. The van der Waals surface area contributed by atoms with Crippen molar-refractivity contribution < 1.29 is 25.9 Å². The molecule has 0 rings (SSSR count). The standard InChI is InChI=1S/C4H14O6S2/c1-11(5,6)9-3-4-10-12(2,7)8/h11-12H,3-4H2,1-2H3,(H,5,6)(H,7,8). The largest absolute Gasteiger partial charge is 0.310 e. The molecule has 0 atom stereocenters. The van der Waals surface area contributed by atoms with Crippen LogP contribution in [0.1, 0.15) is 0 Å². The molecule has 0 amide bonds. The molecule has 0 aliphatic heterocycles. The Morgan fingerprint density at radius 2 is 1.25 bits per heavy atom. The van der Waals surface area contributed by atoms with E-state index in [9.17, 15) is 8.42 Å². The molecule has 0 saturated carbocycles. The van der Waals surface area contributed by atoms with Crippen molar-refractivity contribution >= 4 is 21.0 Å². The summed E-state index contributed by atoms with van der Waals surface area (Å²) >= 11 is 0. The van der Waals surface area contributed by atoms with Crippen LogP contribution in [0.2, 0.25) is 0 Å². The summed E-state index contributed by atoms with van der Waals surface area (Å²) in [6.45, 7) is -0.356. The van der Waals surface area contributed by atoms with Gasteiger partial charge in [-0.05, 0) is 0 Å². The van der Waals surface area contributed by atoms with Crippen LogP contribution in [0.4, 0.5) is 0 Å². The van der Waals surface area contributed by atoms with E-state index in [0.29, 0.717) is 0 Å². The van der Waals surface area contributed by atoms with Gasteiger partial charge in [-0.1, -0.05) is 0 Å². The molecule has 0 aliphatic rings. The highest BCUT2D eigenvalue weighted by molar-refractivity contribution is 7.92. The highest BCUT2D eigenvalue weighted by Gasteiger charge is 2.03. The Labute approximate surface area is 73.2 Å². The van der Waals surface area contributed by atoms with Crippen molar-refractivity contribution in [3.63, 3.8) is 0 Å². The molecule has 0 aliphatic carbocycles. The maximum absolute atomic E-state index is 10.5. The topological polar surface area (TPSA) is 93.1 Å². The number of thiol groups is 2. The molecule has 0 radical (unpaired) electrons. The molecule has 0 spiro atoms.